The summed E-state index contributed by atoms with van der Waals surface area (Å²) in [6.45, 7) is 0. The second kappa shape index (κ2) is 12.7. The van der Waals surface area contributed by atoms with Crippen LogP contribution in [0.15, 0.2) is 194 Å². The fraction of sp³-hybridized carbons (Fsp3) is 0. The molecule has 1 heteroatoms. The summed E-state index contributed by atoms with van der Waals surface area (Å²) >= 11 is 0. The molecule has 0 saturated heterocycles. The van der Waals surface area contributed by atoms with Gasteiger partial charge in [0.25, 0.3) is 0 Å². The number of fused-ring (bicyclic) bond motifs is 3. The summed E-state index contributed by atoms with van der Waals surface area (Å²) in [5, 5.41) is 5.07. The minimum atomic E-state index is 1.10. The third-order valence-corrected chi connectivity index (χ3v) is 8.91. The van der Waals surface area contributed by atoms with Gasteiger partial charge in [0.1, 0.15) is 0 Å². The Balaban J connectivity index is 1.26. The highest BCUT2D eigenvalue weighted by molar-refractivity contribution is 6.21. The van der Waals surface area contributed by atoms with Crippen molar-refractivity contribution >= 4 is 39.0 Å². The zero-order chi connectivity index (χ0) is 31.4. The topological polar surface area (TPSA) is 3.24 Å². The van der Waals surface area contributed by atoms with Crippen LogP contribution in [0.1, 0.15) is 5.56 Å². The van der Waals surface area contributed by atoms with E-state index in [1.807, 2.05) is 0 Å². The predicted octanol–water partition coefficient (Wildman–Crippen LogP) is 12.8. The zero-order valence-corrected chi connectivity index (χ0v) is 26.0. The average Bonchev–Trinajstić information content (AvgIpc) is 3.16. The molecule has 0 N–H and O–H groups in total. The molecule has 8 rings (SSSR count). The predicted molar refractivity (Wildman–Crippen MR) is 202 cm³/mol. The van der Waals surface area contributed by atoms with Crippen LogP contribution in [0.3, 0.4) is 0 Å². The van der Waals surface area contributed by atoms with Gasteiger partial charge in [-0.05, 0) is 90.8 Å². The van der Waals surface area contributed by atoms with E-state index in [0.29, 0.717) is 0 Å². The number of rotatable bonds is 7. The fourth-order valence-electron chi connectivity index (χ4n) is 6.72. The maximum Gasteiger partial charge on any atom is 0.0455 e. The summed E-state index contributed by atoms with van der Waals surface area (Å²) in [6.07, 6.45) is 4.40. The molecule has 0 aliphatic rings. The van der Waals surface area contributed by atoms with Crippen LogP contribution >= 0.6 is 0 Å². The van der Waals surface area contributed by atoms with E-state index in [4.69, 9.17) is 0 Å². The molecule has 0 atom stereocenters. The largest absolute Gasteiger partial charge is 0.317 e. The van der Waals surface area contributed by atoms with E-state index >= 15 is 0 Å². The summed E-state index contributed by atoms with van der Waals surface area (Å²) < 4.78 is 0. The Morgan fingerprint density at radius 2 is 0.745 bits per heavy atom. The summed E-state index contributed by atoms with van der Waals surface area (Å²) in [7, 11) is 0. The molecule has 47 heavy (non-hydrogen) atoms. The number of benzene rings is 8. The first-order valence-electron chi connectivity index (χ1n) is 16.1. The Morgan fingerprint density at radius 1 is 0.319 bits per heavy atom. The Morgan fingerprint density at radius 3 is 1.34 bits per heavy atom. The lowest BCUT2D eigenvalue weighted by atomic mass is 9.85. The molecule has 0 fully saturated rings. The first kappa shape index (κ1) is 28.3. The smallest absolute Gasteiger partial charge is 0.0455 e. The minimum absolute atomic E-state index is 1.10. The van der Waals surface area contributed by atoms with E-state index in [0.717, 1.165) is 11.4 Å². The standard InChI is InChI=1S/C46H33N/c1-4-16-34(17-5-1)40-23-11-10-18-35(40)32-33-47(38-21-8-3-9-22-38)39-30-28-37(29-31-39)46-44-27-15-13-25-42(44)41-24-12-14-26-43(41)45(46)36-19-6-2-7-20-36/h1-33H/b33-32+. The van der Waals surface area contributed by atoms with Gasteiger partial charge in [-0.1, -0.05) is 164 Å². The van der Waals surface area contributed by atoms with Crippen molar-refractivity contribution in [3.8, 4) is 33.4 Å². The van der Waals surface area contributed by atoms with Crippen LogP contribution in [0, 0.1) is 0 Å². The Bertz CT molecular complexity index is 2320. The van der Waals surface area contributed by atoms with Crippen LogP contribution < -0.4 is 4.90 Å². The van der Waals surface area contributed by atoms with Gasteiger partial charge < -0.3 is 4.90 Å². The fourth-order valence-corrected chi connectivity index (χ4v) is 6.72. The molecule has 0 radical (unpaired) electrons. The normalized spacial score (nSPS) is 11.3. The van der Waals surface area contributed by atoms with Crippen molar-refractivity contribution in [2.45, 2.75) is 0 Å². The number of hydrogen-bond donors (Lipinski definition) is 0. The van der Waals surface area contributed by atoms with Crippen molar-refractivity contribution in [2.75, 3.05) is 4.90 Å². The molecule has 0 saturated carbocycles. The van der Waals surface area contributed by atoms with E-state index in [-0.39, 0.29) is 0 Å². The van der Waals surface area contributed by atoms with Crippen molar-refractivity contribution in [3.05, 3.63) is 200 Å². The number of para-hydroxylation sites is 1. The number of nitrogens with zero attached hydrogens (tertiary/aromatic N) is 1. The molecule has 0 aliphatic carbocycles. The molecule has 0 aliphatic heterocycles. The van der Waals surface area contributed by atoms with Crippen molar-refractivity contribution < 1.29 is 0 Å². The molecule has 0 bridgehead atoms. The van der Waals surface area contributed by atoms with Crippen molar-refractivity contribution in [3.63, 3.8) is 0 Å². The molecule has 0 aromatic heterocycles. The van der Waals surface area contributed by atoms with Crippen molar-refractivity contribution in [2.24, 2.45) is 0 Å². The Kier molecular flexibility index (Phi) is 7.63. The molecule has 222 valence electrons. The van der Waals surface area contributed by atoms with Crippen molar-refractivity contribution in [1.29, 1.82) is 0 Å². The van der Waals surface area contributed by atoms with E-state index in [2.05, 4.69) is 205 Å². The lowest BCUT2D eigenvalue weighted by Gasteiger charge is -2.22. The van der Waals surface area contributed by atoms with Crippen LogP contribution in [0.25, 0.3) is 61.0 Å². The molecule has 0 unspecified atom stereocenters. The summed E-state index contributed by atoms with van der Waals surface area (Å²) in [5.74, 6) is 0. The van der Waals surface area contributed by atoms with Gasteiger partial charge in [-0.3, -0.25) is 0 Å². The summed E-state index contributed by atoms with van der Waals surface area (Å²) in [6, 6.07) is 67.2. The second-order valence-corrected chi connectivity index (χ2v) is 11.7. The number of anilines is 2. The summed E-state index contributed by atoms with van der Waals surface area (Å²) in [5.41, 5.74) is 10.7. The van der Waals surface area contributed by atoms with E-state index in [1.165, 1.54) is 60.5 Å². The van der Waals surface area contributed by atoms with Crippen LogP contribution in [-0.4, -0.2) is 0 Å². The van der Waals surface area contributed by atoms with Crippen LogP contribution in [-0.2, 0) is 0 Å². The molecule has 0 spiro atoms. The van der Waals surface area contributed by atoms with Crippen LogP contribution in [0.4, 0.5) is 11.4 Å². The third-order valence-electron chi connectivity index (χ3n) is 8.91. The molecule has 8 aromatic rings. The minimum Gasteiger partial charge on any atom is -0.317 e. The van der Waals surface area contributed by atoms with Gasteiger partial charge in [0.15, 0.2) is 0 Å². The monoisotopic (exact) mass is 599 g/mol. The zero-order valence-electron chi connectivity index (χ0n) is 26.0. The third kappa shape index (κ3) is 5.49. The van der Waals surface area contributed by atoms with E-state index < -0.39 is 0 Å². The molecule has 8 aromatic carbocycles. The van der Waals surface area contributed by atoms with Gasteiger partial charge >= 0.3 is 0 Å². The molecule has 1 nitrogen and oxygen atoms in total. The molecule has 0 heterocycles. The first-order chi connectivity index (χ1) is 23.3. The second-order valence-electron chi connectivity index (χ2n) is 11.7. The Hall–Kier alpha value is -6.18. The van der Waals surface area contributed by atoms with Gasteiger partial charge in [-0.25, -0.2) is 0 Å². The lowest BCUT2D eigenvalue weighted by Crippen LogP contribution is -2.08. The molecule has 0 amide bonds. The van der Waals surface area contributed by atoms with E-state index in [9.17, 15) is 0 Å². The van der Waals surface area contributed by atoms with Gasteiger partial charge in [0.2, 0.25) is 0 Å². The highest BCUT2D eigenvalue weighted by Gasteiger charge is 2.18. The van der Waals surface area contributed by atoms with Crippen LogP contribution in [0.5, 0.6) is 0 Å². The van der Waals surface area contributed by atoms with Crippen LogP contribution in [0.2, 0.25) is 0 Å². The van der Waals surface area contributed by atoms with Gasteiger partial charge in [0, 0.05) is 17.6 Å². The van der Waals surface area contributed by atoms with Gasteiger partial charge in [-0.2, -0.15) is 0 Å². The quantitative estimate of drug-likeness (QED) is 0.165. The van der Waals surface area contributed by atoms with Gasteiger partial charge in [-0.15, -0.1) is 0 Å². The van der Waals surface area contributed by atoms with E-state index in [1.54, 1.807) is 0 Å². The first-order valence-corrected chi connectivity index (χ1v) is 16.1. The highest BCUT2D eigenvalue weighted by Crippen LogP contribution is 2.45. The Labute approximate surface area is 276 Å². The van der Waals surface area contributed by atoms with Gasteiger partial charge in [0.05, 0.1) is 0 Å². The lowest BCUT2D eigenvalue weighted by molar-refractivity contribution is 1.29. The molecular weight excluding hydrogens is 567 g/mol. The highest BCUT2D eigenvalue weighted by atomic mass is 15.1. The van der Waals surface area contributed by atoms with Crippen molar-refractivity contribution in [1.82, 2.24) is 0 Å². The SMILES string of the molecule is C(=C\N(c1ccccc1)c1ccc(-c2c(-c3ccccc3)c3ccccc3c3ccccc23)cc1)/c1ccccc1-c1ccccc1. The maximum atomic E-state index is 2.28. The maximum absolute atomic E-state index is 2.28. The molecular formula is C46H33N. The average molecular weight is 600 g/mol. The number of hydrogen-bond acceptors (Lipinski definition) is 1. The summed E-state index contributed by atoms with van der Waals surface area (Å²) in [4.78, 5) is 2.27.